The molecule has 3 atom stereocenters. The zero-order chi connectivity index (χ0) is 24.4. The van der Waals surface area contributed by atoms with Crippen molar-refractivity contribution in [2.24, 2.45) is 13.0 Å². The first-order valence-electron chi connectivity index (χ1n) is 11.7. The van der Waals surface area contributed by atoms with Crippen molar-refractivity contribution >= 4 is 22.8 Å². The highest BCUT2D eigenvalue weighted by Gasteiger charge is 2.48. The molecule has 2 aromatic carbocycles. The van der Waals surface area contributed by atoms with Crippen molar-refractivity contribution in [1.82, 2.24) is 14.4 Å². The molecule has 1 N–H and O–H groups in total. The number of fused-ring (bicyclic) bond motifs is 1. The van der Waals surface area contributed by atoms with Gasteiger partial charge in [-0.05, 0) is 53.3 Å². The van der Waals surface area contributed by atoms with Crippen LogP contribution in [0.15, 0.2) is 54.7 Å². The molecular formula is C27H33N3O4. The highest BCUT2D eigenvalue weighted by molar-refractivity contribution is 5.82. The minimum absolute atomic E-state index is 0.00339. The molecule has 1 saturated heterocycles. The van der Waals surface area contributed by atoms with Gasteiger partial charge in [-0.2, -0.15) is 0 Å². The Morgan fingerprint density at radius 3 is 2.47 bits per heavy atom. The van der Waals surface area contributed by atoms with Crippen LogP contribution < -0.4 is 4.74 Å². The van der Waals surface area contributed by atoms with Gasteiger partial charge in [-0.25, -0.2) is 0 Å². The highest BCUT2D eigenvalue weighted by Crippen LogP contribution is 2.46. The zero-order valence-corrected chi connectivity index (χ0v) is 20.3. The van der Waals surface area contributed by atoms with Crippen LogP contribution in [0.1, 0.15) is 36.4 Å². The SMILES string of the molecule is CCCN(C)C(=O)CN1CC(c2ccc3c(ccn3C)c2)[C@H](C(=O)O)[C@H]1c1ccc(OC)cc1. The third-order valence-electron chi connectivity index (χ3n) is 7.00. The van der Waals surface area contributed by atoms with Gasteiger partial charge in [0.2, 0.25) is 5.91 Å². The number of rotatable bonds is 8. The Bertz CT molecular complexity index is 1170. The van der Waals surface area contributed by atoms with Gasteiger partial charge in [0.05, 0.1) is 19.6 Å². The first-order chi connectivity index (χ1) is 16.3. The molecule has 0 radical (unpaired) electrons. The molecule has 1 aliphatic rings. The third-order valence-corrected chi connectivity index (χ3v) is 7.00. The number of aliphatic carboxylic acids is 1. The van der Waals surface area contributed by atoms with E-state index in [4.69, 9.17) is 4.74 Å². The Kier molecular flexibility index (Phi) is 6.93. The molecule has 34 heavy (non-hydrogen) atoms. The molecular weight excluding hydrogens is 430 g/mol. The van der Waals surface area contributed by atoms with E-state index in [0.29, 0.717) is 18.8 Å². The fraction of sp³-hybridized carbons (Fsp3) is 0.407. The molecule has 0 aliphatic carbocycles. The van der Waals surface area contributed by atoms with Gasteiger partial charge in [-0.15, -0.1) is 0 Å². The number of hydrogen-bond acceptors (Lipinski definition) is 4. The molecule has 1 aliphatic heterocycles. The number of amides is 1. The van der Waals surface area contributed by atoms with E-state index in [1.807, 2.05) is 61.5 Å². The molecule has 180 valence electrons. The van der Waals surface area contributed by atoms with Crippen molar-refractivity contribution in [1.29, 1.82) is 0 Å². The standard InChI is InChI=1S/C27H33N3O4/c1-5-13-29(3)24(31)17-30-16-22(19-8-11-23-20(15-19)12-14-28(23)2)25(27(32)33)26(30)18-6-9-21(34-4)10-7-18/h6-12,14-15,22,25-26H,5,13,16-17H2,1-4H3,(H,32,33)/t22?,25-,26+/m0/s1. The summed E-state index contributed by atoms with van der Waals surface area (Å²) < 4.78 is 7.35. The summed E-state index contributed by atoms with van der Waals surface area (Å²) in [5.74, 6) is -1.05. The number of carboxylic acids is 1. The van der Waals surface area contributed by atoms with Crippen LogP contribution in [0.4, 0.5) is 0 Å². The van der Waals surface area contributed by atoms with Crippen molar-refractivity contribution in [3.8, 4) is 5.75 Å². The fourth-order valence-corrected chi connectivity index (χ4v) is 5.21. The number of carbonyl (C=O) groups is 2. The Morgan fingerprint density at radius 1 is 1.12 bits per heavy atom. The molecule has 7 nitrogen and oxygen atoms in total. The highest BCUT2D eigenvalue weighted by atomic mass is 16.5. The summed E-state index contributed by atoms with van der Waals surface area (Å²) in [4.78, 5) is 29.4. The first-order valence-corrected chi connectivity index (χ1v) is 11.7. The van der Waals surface area contributed by atoms with Gasteiger partial charge < -0.3 is 19.3 Å². The molecule has 1 aromatic heterocycles. The number of likely N-dealkylation sites (tertiary alicyclic amines) is 1. The summed E-state index contributed by atoms with van der Waals surface area (Å²) in [5.41, 5.74) is 2.97. The molecule has 1 unspecified atom stereocenters. The lowest BCUT2D eigenvalue weighted by Gasteiger charge is -2.28. The van der Waals surface area contributed by atoms with Crippen molar-refractivity contribution in [2.45, 2.75) is 25.3 Å². The Balaban J connectivity index is 1.74. The maximum atomic E-state index is 13.0. The summed E-state index contributed by atoms with van der Waals surface area (Å²) in [7, 11) is 5.41. The van der Waals surface area contributed by atoms with Crippen LogP contribution in [0.25, 0.3) is 10.9 Å². The van der Waals surface area contributed by atoms with Gasteiger partial charge in [-0.3, -0.25) is 14.5 Å². The maximum absolute atomic E-state index is 13.0. The average molecular weight is 464 g/mol. The van der Waals surface area contributed by atoms with Crippen molar-refractivity contribution in [2.75, 3.05) is 33.8 Å². The van der Waals surface area contributed by atoms with E-state index < -0.39 is 17.9 Å². The summed E-state index contributed by atoms with van der Waals surface area (Å²) >= 11 is 0. The Labute approximate surface area is 200 Å². The van der Waals surface area contributed by atoms with Gasteiger partial charge in [0.1, 0.15) is 5.75 Å². The number of methoxy groups -OCH3 is 1. The number of carbonyl (C=O) groups excluding carboxylic acids is 1. The smallest absolute Gasteiger partial charge is 0.309 e. The Hall–Kier alpha value is -3.32. The van der Waals surface area contributed by atoms with Crippen LogP contribution in [0.3, 0.4) is 0 Å². The van der Waals surface area contributed by atoms with Crippen LogP contribution in [0.2, 0.25) is 0 Å². The number of nitrogens with zero attached hydrogens (tertiary/aromatic N) is 3. The second-order valence-corrected chi connectivity index (χ2v) is 9.18. The molecule has 7 heteroatoms. The quantitative estimate of drug-likeness (QED) is 0.549. The van der Waals surface area contributed by atoms with E-state index >= 15 is 0 Å². The summed E-state index contributed by atoms with van der Waals surface area (Å²) in [6.45, 7) is 3.39. The molecule has 1 fully saturated rings. The molecule has 1 amide bonds. The van der Waals surface area contributed by atoms with Crippen molar-refractivity contribution in [3.05, 3.63) is 65.9 Å². The second kappa shape index (κ2) is 9.89. The number of aryl methyl sites for hydroxylation is 1. The lowest BCUT2D eigenvalue weighted by atomic mass is 9.82. The number of aromatic nitrogens is 1. The van der Waals surface area contributed by atoms with Crippen LogP contribution in [0.5, 0.6) is 5.75 Å². The summed E-state index contributed by atoms with van der Waals surface area (Å²) in [6.07, 6.45) is 2.88. The predicted octanol–water partition coefficient (Wildman–Crippen LogP) is 3.90. The number of ether oxygens (including phenoxy) is 1. The average Bonchev–Trinajstić information content (AvgIpc) is 3.39. The number of likely N-dealkylation sites (N-methyl/N-ethyl adjacent to an activating group) is 1. The van der Waals surface area contributed by atoms with E-state index in [1.165, 1.54) is 0 Å². The summed E-state index contributed by atoms with van der Waals surface area (Å²) in [5, 5.41) is 11.5. The molecule has 2 heterocycles. The molecule has 0 bridgehead atoms. The monoisotopic (exact) mass is 463 g/mol. The number of hydrogen-bond donors (Lipinski definition) is 1. The van der Waals surface area contributed by atoms with Crippen LogP contribution in [-0.4, -0.2) is 65.1 Å². The van der Waals surface area contributed by atoms with Crippen molar-refractivity contribution in [3.63, 3.8) is 0 Å². The fourth-order valence-electron chi connectivity index (χ4n) is 5.21. The minimum Gasteiger partial charge on any atom is -0.497 e. The van der Waals surface area contributed by atoms with Crippen LogP contribution in [-0.2, 0) is 16.6 Å². The lowest BCUT2D eigenvalue weighted by Crippen LogP contribution is -2.39. The molecule has 4 rings (SSSR count). The molecule has 0 spiro atoms. The van der Waals surface area contributed by atoms with Crippen LogP contribution in [0, 0.1) is 5.92 Å². The maximum Gasteiger partial charge on any atom is 0.309 e. The van der Waals surface area contributed by atoms with E-state index in [1.54, 1.807) is 19.1 Å². The van der Waals surface area contributed by atoms with Gasteiger partial charge >= 0.3 is 5.97 Å². The summed E-state index contributed by atoms with van der Waals surface area (Å²) in [6, 6.07) is 15.3. The van der Waals surface area contributed by atoms with E-state index in [0.717, 1.165) is 28.5 Å². The van der Waals surface area contributed by atoms with E-state index in [9.17, 15) is 14.7 Å². The van der Waals surface area contributed by atoms with Gasteiger partial charge in [-0.1, -0.05) is 25.1 Å². The Morgan fingerprint density at radius 2 is 1.82 bits per heavy atom. The lowest BCUT2D eigenvalue weighted by molar-refractivity contribution is -0.143. The van der Waals surface area contributed by atoms with E-state index in [-0.39, 0.29) is 18.4 Å². The second-order valence-electron chi connectivity index (χ2n) is 9.18. The van der Waals surface area contributed by atoms with Crippen molar-refractivity contribution < 1.29 is 19.4 Å². The van der Waals surface area contributed by atoms with Gasteiger partial charge in [0.25, 0.3) is 0 Å². The topological polar surface area (TPSA) is 75.0 Å². The van der Waals surface area contributed by atoms with Crippen LogP contribution >= 0.6 is 0 Å². The third kappa shape index (κ3) is 4.53. The number of benzene rings is 2. The predicted molar refractivity (Wildman–Crippen MR) is 132 cm³/mol. The van der Waals surface area contributed by atoms with Gasteiger partial charge in [0.15, 0.2) is 0 Å². The largest absolute Gasteiger partial charge is 0.497 e. The molecule has 3 aromatic rings. The zero-order valence-electron chi connectivity index (χ0n) is 20.3. The number of carboxylic acid groups (broad SMARTS) is 1. The minimum atomic E-state index is -0.851. The molecule has 0 saturated carbocycles. The normalized spacial score (nSPS) is 20.5. The van der Waals surface area contributed by atoms with E-state index in [2.05, 4.69) is 16.7 Å². The van der Waals surface area contributed by atoms with Gasteiger partial charge in [0, 0.05) is 50.9 Å². The first kappa shape index (κ1) is 23.8.